The second-order valence-corrected chi connectivity index (χ2v) is 8.59. The molecule has 2 aliphatic rings. The lowest BCUT2D eigenvalue weighted by molar-refractivity contribution is 0.184. The molecule has 6 heteroatoms. The maximum absolute atomic E-state index is 12.7. The first kappa shape index (κ1) is 16.6. The molecule has 0 unspecified atom stereocenters. The fraction of sp³-hybridized carbons (Fsp3) is 0.706. The third-order valence-electron chi connectivity index (χ3n) is 5.10. The molecule has 2 N–H and O–H groups in total. The molecular formula is C17H27N3O2S. The molecule has 0 spiro atoms. The fourth-order valence-electron chi connectivity index (χ4n) is 3.89. The summed E-state index contributed by atoms with van der Waals surface area (Å²) in [4.78, 5) is 17.9. The zero-order chi connectivity index (χ0) is 16.2. The topological polar surface area (TPSA) is 65.2 Å². The van der Waals surface area contributed by atoms with E-state index in [1.54, 1.807) is 0 Å². The van der Waals surface area contributed by atoms with E-state index >= 15 is 0 Å². The number of nitrogens with one attached hydrogen (secondary N) is 2. The van der Waals surface area contributed by atoms with Gasteiger partial charge in [0, 0.05) is 46.3 Å². The normalized spacial score (nSPS) is 29.4. The highest BCUT2D eigenvalue weighted by atomic mass is 32.2. The highest BCUT2D eigenvalue weighted by Gasteiger charge is 2.33. The SMILES string of the molecule is CC[S@](=O)[C@@H]1CCC[C@@H](NC(=O)N2CCC[C@H]2c2ccc[nH]2)C1. The zero-order valence-electron chi connectivity index (χ0n) is 13.8. The maximum Gasteiger partial charge on any atom is 0.318 e. The molecule has 1 aromatic heterocycles. The first-order chi connectivity index (χ1) is 11.2. The average molecular weight is 337 g/mol. The van der Waals surface area contributed by atoms with Crippen LogP contribution in [0.4, 0.5) is 4.79 Å². The van der Waals surface area contributed by atoms with Crippen molar-refractivity contribution < 1.29 is 9.00 Å². The minimum Gasteiger partial charge on any atom is -0.363 e. The van der Waals surface area contributed by atoms with Gasteiger partial charge in [0.25, 0.3) is 0 Å². The van der Waals surface area contributed by atoms with E-state index in [9.17, 15) is 9.00 Å². The molecule has 1 aliphatic heterocycles. The molecule has 0 radical (unpaired) electrons. The molecule has 1 aliphatic carbocycles. The third kappa shape index (κ3) is 3.79. The molecule has 2 heterocycles. The largest absolute Gasteiger partial charge is 0.363 e. The number of rotatable bonds is 4. The Hall–Kier alpha value is -1.30. The van der Waals surface area contributed by atoms with Crippen LogP contribution >= 0.6 is 0 Å². The predicted octanol–water partition coefficient (Wildman–Crippen LogP) is 2.94. The number of H-pyrrole nitrogens is 1. The standard InChI is InChI=1S/C17H27N3O2S/c1-2-23(22)14-7-3-6-13(12-14)19-17(21)20-11-5-9-16(20)15-8-4-10-18-15/h4,8,10,13-14,16,18H,2-3,5-7,9,11-12H2,1H3,(H,19,21)/t13-,14-,16+,23+/m1/s1. The molecule has 4 atom stereocenters. The van der Waals surface area contributed by atoms with E-state index in [4.69, 9.17) is 0 Å². The van der Waals surface area contributed by atoms with E-state index in [0.29, 0.717) is 5.75 Å². The quantitative estimate of drug-likeness (QED) is 0.887. The Labute approximate surface area is 140 Å². The van der Waals surface area contributed by atoms with Crippen LogP contribution in [-0.4, -0.2) is 43.7 Å². The highest BCUT2D eigenvalue weighted by Crippen LogP contribution is 2.31. The fourth-order valence-corrected chi connectivity index (χ4v) is 5.24. The summed E-state index contributed by atoms with van der Waals surface area (Å²) >= 11 is 0. The number of hydrogen-bond acceptors (Lipinski definition) is 2. The van der Waals surface area contributed by atoms with Crippen molar-refractivity contribution in [1.29, 1.82) is 0 Å². The van der Waals surface area contributed by atoms with Crippen molar-refractivity contribution in [3.63, 3.8) is 0 Å². The molecule has 128 valence electrons. The summed E-state index contributed by atoms with van der Waals surface area (Å²) in [6, 6.07) is 4.40. The lowest BCUT2D eigenvalue weighted by atomic mass is 9.95. The van der Waals surface area contributed by atoms with Gasteiger partial charge in [0.05, 0.1) is 6.04 Å². The van der Waals surface area contributed by atoms with Crippen LogP contribution in [0.1, 0.15) is 57.2 Å². The summed E-state index contributed by atoms with van der Waals surface area (Å²) in [5, 5.41) is 3.45. The average Bonchev–Trinajstić information content (AvgIpc) is 3.24. The van der Waals surface area contributed by atoms with Gasteiger partial charge in [-0.15, -0.1) is 0 Å². The molecule has 2 fully saturated rings. The van der Waals surface area contributed by atoms with Crippen LogP contribution in [0.25, 0.3) is 0 Å². The van der Waals surface area contributed by atoms with Gasteiger partial charge in [0.1, 0.15) is 0 Å². The van der Waals surface area contributed by atoms with Gasteiger partial charge in [0.15, 0.2) is 0 Å². The second-order valence-electron chi connectivity index (χ2n) is 6.58. The van der Waals surface area contributed by atoms with E-state index in [-0.39, 0.29) is 23.4 Å². The first-order valence-electron chi connectivity index (χ1n) is 8.76. The lowest BCUT2D eigenvalue weighted by Crippen LogP contribution is -2.47. The van der Waals surface area contributed by atoms with Gasteiger partial charge >= 0.3 is 6.03 Å². The van der Waals surface area contributed by atoms with Crippen LogP contribution in [0.3, 0.4) is 0 Å². The van der Waals surface area contributed by atoms with Gasteiger partial charge in [-0.05, 0) is 44.2 Å². The van der Waals surface area contributed by atoms with Crippen molar-refractivity contribution in [3.8, 4) is 0 Å². The van der Waals surface area contributed by atoms with Crippen LogP contribution in [-0.2, 0) is 10.8 Å². The minimum absolute atomic E-state index is 0.0371. The van der Waals surface area contributed by atoms with Gasteiger partial charge in [0.2, 0.25) is 0 Å². The Bertz CT molecular complexity index is 546. The molecule has 1 aromatic rings. The number of nitrogens with zero attached hydrogens (tertiary/aromatic N) is 1. The van der Waals surface area contributed by atoms with E-state index in [0.717, 1.165) is 50.8 Å². The lowest BCUT2D eigenvalue weighted by Gasteiger charge is -2.32. The van der Waals surface area contributed by atoms with Gasteiger partial charge in [-0.3, -0.25) is 4.21 Å². The molecule has 0 bridgehead atoms. The smallest absolute Gasteiger partial charge is 0.318 e. The van der Waals surface area contributed by atoms with E-state index < -0.39 is 10.8 Å². The Morgan fingerprint density at radius 3 is 3.00 bits per heavy atom. The minimum atomic E-state index is -0.752. The van der Waals surface area contributed by atoms with Crippen molar-refractivity contribution in [2.24, 2.45) is 0 Å². The summed E-state index contributed by atoms with van der Waals surface area (Å²) in [7, 11) is -0.752. The summed E-state index contributed by atoms with van der Waals surface area (Å²) in [6.45, 7) is 2.79. The summed E-state index contributed by atoms with van der Waals surface area (Å²) in [6.07, 6.45) is 7.92. The van der Waals surface area contributed by atoms with Crippen molar-refractivity contribution in [2.75, 3.05) is 12.3 Å². The summed E-state index contributed by atoms with van der Waals surface area (Å²) in [5.74, 6) is 0.715. The second kappa shape index (κ2) is 7.51. The maximum atomic E-state index is 12.7. The van der Waals surface area contributed by atoms with Crippen molar-refractivity contribution in [3.05, 3.63) is 24.0 Å². The van der Waals surface area contributed by atoms with Gasteiger partial charge in [-0.2, -0.15) is 0 Å². The Morgan fingerprint density at radius 1 is 1.39 bits per heavy atom. The predicted molar refractivity (Wildman–Crippen MR) is 92.7 cm³/mol. The first-order valence-corrected chi connectivity index (χ1v) is 10.1. The number of aromatic amines is 1. The van der Waals surface area contributed by atoms with Crippen molar-refractivity contribution in [1.82, 2.24) is 15.2 Å². The monoisotopic (exact) mass is 337 g/mol. The summed E-state index contributed by atoms with van der Waals surface area (Å²) < 4.78 is 12.0. The molecule has 23 heavy (non-hydrogen) atoms. The molecule has 2 amide bonds. The van der Waals surface area contributed by atoms with E-state index in [1.807, 2.05) is 24.1 Å². The number of carbonyl (C=O) groups is 1. The van der Waals surface area contributed by atoms with E-state index in [1.165, 1.54) is 0 Å². The molecular weight excluding hydrogens is 310 g/mol. The van der Waals surface area contributed by atoms with Gasteiger partial charge < -0.3 is 15.2 Å². The highest BCUT2D eigenvalue weighted by molar-refractivity contribution is 7.85. The number of aromatic nitrogens is 1. The molecule has 3 rings (SSSR count). The van der Waals surface area contributed by atoms with Gasteiger partial charge in [-0.1, -0.05) is 13.3 Å². The Kier molecular flexibility index (Phi) is 5.41. The Morgan fingerprint density at radius 2 is 2.26 bits per heavy atom. The number of likely N-dealkylation sites (tertiary alicyclic amines) is 1. The number of carbonyl (C=O) groups excluding carboxylic acids is 1. The zero-order valence-corrected chi connectivity index (χ0v) is 14.6. The van der Waals surface area contributed by atoms with Crippen LogP contribution < -0.4 is 5.32 Å². The number of urea groups is 1. The third-order valence-corrected chi connectivity index (χ3v) is 6.85. The molecule has 5 nitrogen and oxygen atoms in total. The number of hydrogen-bond donors (Lipinski definition) is 2. The van der Waals surface area contributed by atoms with Crippen molar-refractivity contribution in [2.45, 2.75) is 62.8 Å². The molecule has 0 aromatic carbocycles. The van der Waals surface area contributed by atoms with Crippen LogP contribution in [0.2, 0.25) is 0 Å². The van der Waals surface area contributed by atoms with Crippen molar-refractivity contribution >= 4 is 16.8 Å². The van der Waals surface area contributed by atoms with Crippen LogP contribution in [0.5, 0.6) is 0 Å². The van der Waals surface area contributed by atoms with E-state index in [2.05, 4.69) is 16.4 Å². The van der Waals surface area contributed by atoms with Gasteiger partial charge in [-0.25, -0.2) is 4.79 Å². The molecule has 1 saturated heterocycles. The number of amides is 2. The van der Waals surface area contributed by atoms with Crippen LogP contribution in [0, 0.1) is 0 Å². The van der Waals surface area contributed by atoms with Crippen LogP contribution in [0.15, 0.2) is 18.3 Å². The summed E-state index contributed by atoms with van der Waals surface area (Å²) in [5.41, 5.74) is 1.12. The Balaban J connectivity index is 1.59. The molecule has 1 saturated carbocycles.